The quantitative estimate of drug-likeness (QED) is 0.453. The van der Waals surface area contributed by atoms with Crippen molar-refractivity contribution in [1.82, 2.24) is 15.5 Å². The number of amides is 1. The van der Waals surface area contributed by atoms with Gasteiger partial charge in [-0.1, -0.05) is 36.4 Å². The molecule has 0 bridgehead atoms. The molecule has 1 aromatic heterocycles. The molecule has 5 nitrogen and oxygen atoms in total. The second-order valence-corrected chi connectivity index (χ2v) is 7.13. The largest absolute Gasteiger partial charge is 0.348 e. The van der Waals surface area contributed by atoms with Crippen LogP contribution in [-0.2, 0) is 6.54 Å². The highest BCUT2D eigenvalue weighted by Gasteiger charge is 2.07. The Kier molecular flexibility index (Phi) is 5.98. The number of aromatic nitrogens is 2. The molecule has 6 heteroatoms. The van der Waals surface area contributed by atoms with Crippen LogP contribution in [0.4, 0.5) is 15.9 Å². The number of nitrogens with one attached hydrogen (secondary N) is 2. The average molecular weight is 412 g/mol. The van der Waals surface area contributed by atoms with Gasteiger partial charge in [0.1, 0.15) is 5.82 Å². The molecular formula is C25H21FN4O. The van der Waals surface area contributed by atoms with Crippen LogP contribution in [0.5, 0.6) is 0 Å². The van der Waals surface area contributed by atoms with E-state index >= 15 is 0 Å². The third kappa shape index (κ3) is 5.11. The van der Waals surface area contributed by atoms with E-state index in [0.717, 1.165) is 16.8 Å². The van der Waals surface area contributed by atoms with Crippen LogP contribution in [-0.4, -0.2) is 16.1 Å². The first-order valence-corrected chi connectivity index (χ1v) is 9.88. The lowest BCUT2D eigenvalue weighted by Crippen LogP contribution is -2.23. The standard InChI is InChI=1S/C25H21FN4O/c1-17-5-2-3-6-20(17)16-27-25(31)18-9-11-22(12-10-18)28-24-14-13-23(29-30-24)19-7-4-8-21(26)15-19/h2-15H,16H2,1H3,(H,27,31)(H,28,30). The summed E-state index contributed by atoms with van der Waals surface area (Å²) in [6.45, 7) is 2.51. The van der Waals surface area contributed by atoms with Crippen molar-refractivity contribution in [2.45, 2.75) is 13.5 Å². The molecule has 0 saturated carbocycles. The molecule has 0 aliphatic heterocycles. The zero-order chi connectivity index (χ0) is 21.6. The van der Waals surface area contributed by atoms with Crippen molar-refractivity contribution >= 4 is 17.4 Å². The van der Waals surface area contributed by atoms with E-state index in [0.29, 0.717) is 29.2 Å². The SMILES string of the molecule is Cc1ccccc1CNC(=O)c1ccc(Nc2ccc(-c3cccc(F)c3)nn2)cc1. The molecule has 31 heavy (non-hydrogen) atoms. The van der Waals surface area contributed by atoms with Gasteiger partial charge in [-0.2, -0.15) is 0 Å². The fraction of sp³-hybridized carbons (Fsp3) is 0.0800. The van der Waals surface area contributed by atoms with Gasteiger partial charge in [-0.3, -0.25) is 4.79 Å². The maximum atomic E-state index is 13.4. The van der Waals surface area contributed by atoms with E-state index in [1.807, 2.05) is 43.3 Å². The van der Waals surface area contributed by atoms with Crippen LogP contribution in [0.3, 0.4) is 0 Å². The third-order valence-electron chi connectivity index (χ3n) is 4.91. The van der Waals surface area contributed by atoms with Crippen molar-refractivity contribution in [2.24, 2.45) is 0 Å². The Hall–Kier alpha value is -4.06. The molecule has 0 atom stereocenters. The summed E-state index contributed by atoms with van der Waals surface area (Å²) in [4.78, 5) is 12.4. The van der Waals surface area contributed by atoms with Gasteiger partial charge in [0.05, 0.1) is 5.69 Å². The summed E-state index contributed by atoms with van der Waals surface area (Å²) in [6.07, 6.45) is 0. The van der Waals surface area contributed by atoms with E-state index in [9.17, 15) is 9.18 Å². The molecule has 0 unspecified atom stereocenters. The third-order valence-corrected chi connectivity index (χ3v) is 4.91. The van der Waals surface area contributed by atoms with E-state index in [-0.39, 0.29) is 11.7 Å². The summed E-state index contributed by atoms with van der Waals surface area (Å²) in [5, 5.41) is 14.4. The van der Waals surface area contributed by atoms with E-state index < -0.39 is 0 Å². The van der Waals surface area contributed by atoms with Crippen LogP contribution >= 0.6 is 0 Å². The lowest BCUT2D eigenvalue weighted by Gasteiger charge is -2.09. The number of aryl methyl sites for hydroxylation is 1. The van der Waals surface area contributed by atoms with E-state index in [1.165, 1.54) is 12.1 Å². The van der Waals surface area contributed by atoms with E-state index in [2.05, 4.69) is 20.8 Å². The highest BCUT2D eigenvalue weighted by molar-refractivity contribution is 5.94. The van der Waals surface area contributed by atoms with Gasteiger partial charge in [0.2, 0.25) is 0 Å². The minimum atomic E-state index is -0.315. The van der Waals surface area contributed by atoms with Crippen molar-refractivity contribution in [3.63, 3.8) is 0 Å². The molecule has 0 radical (unpaired) electrons. The normalized spacial score (nSPS) is 10.5. The average Bonchev–Trinajstić information content (AvgIpc) is 2.79. The molecule has 0 spiro atoms. The highest BCUT2D eigenvalue weighted by Crippen LogP contribution is 2.20. The topological polar surface area (TPSA) is 66.9 Å². The molecule has 4 aromatic rings. The minimum Gasteiger partial charge on any atom is -0.348 e. The van der Waals surface area contributed by atoms with Crippen LogP contribution in [0, 0.1) is 12.7 Å². The first kappa shape index (κ1) is 20.2. The van der Waals surface area contributed by atoms with Crippen LogP contribution in [0.1, 0.15) is 21.5 Å². The first-order valence-electron chi connectivity index (χ1n) is 9.88. The molecule has 154 valence electrons. The van der Waals surface area contributed by atoms with Gasteiger partial charge in [0.15, 0.2) is 5.82 Å². The molecule has 1 amide bonds. The number of hydrogen-bond donors (Lipinski definition) is 2. The number of carbonyl (C=O) groups is 1. The molecule has 2 N–H and O–H groups in total. The fourth-order valence-electron chi connectivity index (χ4n) is 3.14. The molecule has 1 heterocycles. The molecule has 0 aliphatic carbocycles. The van der Waals surface area contributed by atoms with Gasteiger partial charge in [-0.25, -0.2) is 4.39 Å². The van der Waals surface area contributed by atoms with Crippen molar-refractivity contribution in [3.05, 3.63) is 107 Å². The second-order valence-electron chi connectivity index (χ2n) is 7.13. The smallest absolute Gasteiger partial charge is 0.251 e. The van der Waals surface area contributed by atoms with E-state index in [1.54, 1.807) is 36.4 Å². The molecule has 0 fully saturated rings. The summed E-state index contributed by atoms with van der Waals surface area (Å²) in [5.74, 6) is 0.107. The Morgan fingerprint density at radius 2 is 1.71 bits per heavy atom. The molecule has 4 rings (SSSR count). The number of rotatable bonds is 6. The molecule has 3 aromatic carbocycles. The minimum absolute atomic E-state index is 0.131. The Morgan fingerprint density at radius 3 is 2.42 bits per heavy atom. The second kappa shape index (κ2) is 9.17. The summed E-state index contributed by atoms with van der Waals surface area (Å²) in [6, 6.07) is 24.9. The summed E-state index contributed by atoms with van der Waals surface area (Å²) < 4.78 is 13.4. The number of anilines is 2. The van der Waals surface area contributed by atoms with Crippen molar-refractivity contribution in [3.8, 4) is 11.3 Å². The monoisotopic (exact) mass is 412 g/mol. The number of nitrogens with zero attached hydrogens (tertiary/aromatic N) is 2. The lowest BCUT2D eigenvalue weighted by atomic mass is 10.1. The number of carbonyl (C=O) groups excluding carboxylic acids is 1. The van der Waals surface area contributed by atoms with Crippen molar-refractivity contribution < 1.29 is 9.18 Å². The Morgan fingerprint density at radius 1 is 0.903 bits per heavy atom. The highest BCUT2D eigenvalue weighted by atomic mass is 19.1. The van der Waals surface area contributed by atoms with Crippen molar-refractivity contribution in [2.75, 3.05) is 5.32 Å². The van der Waals surface area contributed by atoms with Gasteiger partial charge in [-0.15, -0.1) is 10.2 Å². The Bertz CT molecular complexity index is 1190. The number of benzene rings is 3. The zero-order valence-electron chi connectivity index (χ0n) is 17.0. The Labute approximate surface area is 180 Å². The van der Waals surface area contributed by atoms with Crippen LogP contribution in [0.2, 0.25) is 0 Å². The maximum Gasteiger partial charge on any atom is 0.251 e. The lowest BCUT2D eigenvalue weighted by molar-refractivity contribution is 0.0951. The molecule has 0 saturated heterocycles. The summed E-state index contributed by atoms with van der Waals surface area (Å²) in [7, 11) is 0. The van der Waals surface area contributed by atoms with Gasteiger partial charge < -0.3 is 10.6 Å². The molecule has 0 aliphatic rings. The van der Waals surface area contributed by atoms with E-state index in [4.69, 9.17) is 0 Å². The van der Waals surface area contributed by atoms with Gasteiger partial charge >= 0.3 is 0 Å². The summed E-state index contributed by atoms with van der Waals surface area (Å²) in [5.41, 5.74) is 4.85. The predicted molar refractivity (Wildman–Crippen MR) is 119 cm³/mol. The fourth-order valence-corrected chi connectivity index (χ4v) is 3.14. The van der Waals surface area contributed by atoms with Crippen molar-refractivity contribution in [1.29, 1.82) is 0 Å². The Balaban J connectivity index is 1.37. The van der Waals surface area contributed by atoms with Crippen LogP contribution in [0.25, 0.3) is 11.3 Å². The van der Waals surface area contributed by atoms with Gasteiger partial charge in [0, 0.05) is 23.4 Å². The first-order chi connectivity index (χ1) is 15.1. The predicted octanol–water partition coefficient (Wildman–Crippen LogP) is 5.26. The summed E-state index contributed by atoms with van der Waals surface area (Å²) >= 11 is 0. The van der Waals surface area contributed by atoms with Crippen LogP contribution in [0.15, 0.2) is 84.9 Å². The van der Waals surface area contributed by atoms with Crippen LogP contribution < -0.4 is 10.6 Å². The number of halogens is 1. The van der Waals surface area contributed by atoms with Gasteiger partial charge in [-0.05, 0) is 66.6 Å². The molecular weight excluding hydrogens is 391 g/mol. The number of hydrogen-bond acceptors (Lipinski definition) is 4. The van der Waals surface area contributed by atoms with Gasteiger partial charge in [0.25, 0.3) is 5.91 Å². The maximum absolute atomic E-state index is 13.4. The zero-order valence-corrected chi connectivity index (χ0v) is 17.0.